The van der Waals surface area contributed by atoms with Gasteiger partial charge in [0.25, 0.3) is 5.91 Å². The topological polar surface area (TPSA) is 87.7 Å². The first-order chi connectivity index (χ1) is 13.6. The van der Waals surface area contributed by atoms with E-state index < -0.39 is 0 Å². The fourth-order valence-electron chi connectivity index (χ4n) is 3.05. The molecule has 2 aromatic rings. The number of anilines is 2. The van der Waals surface area contributed by atoms with E-state index in [0.717, 1.165) is 12.8 Å². The molecule has 8 heteroatoms. The van der Waals surface area contributed by atoms with Gasteiger partial charge in [-0.15, -0.1) is 11.3 Å². The summed E-state index contributed by atoms with van der Waals surface area (Å²) in [6.45, 7) is 0.886. The summed E-state index contributed by atoms with van der Waals surface area (Å²) in [4.78, 5) is 38.7. The highest BCUT2D eigenvalue weighted by atomic mass is 32.1. The predicted molar refractivity (Wildman–Crippen MR) is 109 cm³/mol. The Balaban J connectivity index is 1.58. The van der Waals surface area contributed by atoms with Crippen molar-refractivity contribution < 1.29 is 19.1 Å². The molecule has 2 N–H and O–H groups in total. The van der Waals surface area contributed by atoms with Crippen LogP contribution < -0.4 is 20.3 Å². The van der Waals surface area contributed by atoms with E-state index in [0.29, 0.717) is 35.0 Å². The van der Waals surface area contributed by atoms with Gasteiger partial charge in [-0.2, -0.15) is 0 Å². The zero-order chi connectivity index (χ0) is 19.9. The van der Waals surface area contributed by atoms with Crippen molar-refractivity contribution in [3.8, 4) is 5.75 Å². The number of piperidine rings is 1. The number of carbonyl (C=O) groups is 3. The quantitative estimate of drug-likeness (QED) is 0.747. The highest BCUT2D eigenvalue weighted by molar-refractivity contribution is 7.12. The minimum Gasteiger partial charge on any atom is -0.495 e. The number of methoxy groups -OCH3 is 1. The number of carbonyl (C=O) groups excluding carboxylic acids is 3. The molecule has 1 aromatic heterocycles. The first kappa shape index (κ1) is 19.9. The lowest BCUT2D eigenvalue weighted by molar-refractivity contribution is -0.119. The van der Waals surface area contributed by atoms with E-state index in [1.807, 2.05) is 5.38 Å². The van der Waals surface area contributed by atoms with Crippen LogP contribution >= 0.6 is 11.3 Å². The van der Waals surface area contributed by atoms with Crippen molar-refractivity contribution in [2.75, 3.05) is 30.4 Å². The van der Waals surface area contributed by atoms with Crippen molar-refractivity contribution in [3.05, 3.63) is 40.6 Å². The van der Waals surface area contributed by atoms with Crippen LogP contribution in [0.25, 0.3) is 0 Å². The molecular weight excluding hydrogens is 378 g/mol. The van der Waals surface area contributed by atoms with Crippen LogP contribution in [-0.4, -0.2) is 37.9 Å². The number of nitrogens with one attached hydrogen (secondary N) is 2. The molecule has 1 aliphatic heterocycles. The summed E-state index contributed by atoms with van der Waals surface area (Å²) in [5.74, 6) is 0.256. The van der Waals surface area contributed by atoms with E-state index in [-0.39, 0.29) is 30.7 Å². The molecule has 1 saturated heterocycles. The van der Waals surface area contributed by atoms with Crippen LogP contribution in [0.4, 0.5) is 11.4 Å². The number of hydrogen-bond donors (Lipinski definition) is 2. The fraction of sp³-hybridized carbons (Fsp3) is 0.350. The molecule has 7 nitrogen and oxygen atoms in total. The summed E-state index contributed by atoms with van der Waals surface area (Å²) in [6, 6.07) is 8.77. The summed E-state index contributed by atoms with van der Waals surface area (Å²) < 4.78 is 5.38. The molecule has 1 aromatic carbocycles. The molecule has 148 valence electrons. The van der Waals surface area contributed by atoms with Crippen LogP contribution in [0.5, 0.6) is 5.75 Å². The molecule has 3 amide bonds. The molecule has 1 fully saturated rings. The number of amides is 3. The van der Waals surface area contributed by atoms with Crippen molar-refractivity contribution in [2.45, 2.75) is 25.7 Å². The van der Waals surface area contributed by atoms with Crippen LogP contribution in [0.1, 0.15) is 35.4 Å². The van der Waals surface area contributed by atoms with Crippen molar-refractivity contribution in [1.82, 2.24) is 5.32 Å². The van der Waals surface area contributed by atoms with Gasteiger partial charge in [0.2, 0.25) is 11.8 Å². The number of ether oxygens (including phenoxy) is 1. The van der Waals surface area contributed by atoms with Gasteiger partial charge in [0, 0.05) is 31.6 Å². The molecule has 0 spiro atoms. The first-order valence-electron chi connectivity index (χ1n) is 9.18. The molecule has 1 aliphatic rings. The molecule has 0 aliphatic carbocycles. The average molecular weight is 401 g/mol. The molecule has 0 unspecified atom stereocenters. The Morgan fingerprint density at radius 3 is 2.82 bits per heavy atom. The maximum atomic E-state index is 12.2. The van der Waals surface area contributed by atoms with E-state index in [4.69, 9.17) is 4.74 Å². The lowest BCUT2D eigenvalue weighted by Crippen LogP contribution is -2.35. The lowest BCUT2D eigenvalue weighted by Gasteiger charge is -2.28. The number of benzene rings is 1. The molecule has 28 heavy (non-hydrogen) atoms. The minimum atomic E-state index is -0.215. The van der Waals surface area contributed by atoms with Crippen molar-refractivity contribution >= 4 is 40.4 Å². The first-order valence-corrected chi connectivity index (χ1v) is 10.1. The van der Waals surface area contributed by atoms with Gasteiger partial charge in [-0.25, -0.2) is 0 Å². The van der Waals surface area contributed by atoms with Crippen LogP contribution in [0.3, 0.4) is 0 Å². The Morgan fingerprint density at radius 2 is 2.11 bits per heavy atom. The van der Waals surface area contributed by atoms with Crippen LogP contribution in [-0.2, 0) is 9.59 Å². The second-order valence-corrected chi connectivity index (χ2v) is 7.37. The number of hydrogen-bond acceptors (Lipinski definition) is 5. The van der Waals surface area contributed by atoms with Gasteiger partial charge in [-0.3, -0.25) is 14.4 Å². The van der Waals surface area contributed by atoms with E-state index in [1.165, 1.54) is 11.3 Å². The molecule has 3 rings (SSSR count). The van der Waals surface area contributed by atoms with E-state index in [2.05, 4.69) is 10.6 Å². The van der Waals surface area contributed by atoms with Crippen LogP contribution in [0, 0.1) is 0 Å². The van der Waals surface area contributed by atoms with Crippen LogP contribution in [0.2, 0.25) is 0 Å². The average Bonchev–Trinajstić information content (AvgIpc) is 3.23. The lowest BCUT2D eigenvalue weighted by atomic mass is 10.1. The Morgan fingerprint density at radius 1 is 1.25 bits per heavy atom. The van der Waals surface area contributed by atoms with Gasteiger partial charge in [-0.05, 0) is 42.5 Å². The van der Waals surface area contributed by atoms with Gasteiger partial charge in [0.1, 0.15) is 5.75 Å². The van der Waals surface area contributed by atoms with E-state index >= 15 is 0 Å². The summed E-state index contributed by atoms with van der Waals surface area (Å²) in [5.41, 5.74) is 1.25. The molecule has 2 heterocycles. The zero-order valence-electron chi connectivity index (χ0n) is 15.7. The largest absolute Gasteiger partial charge is 0.495 e. The highest BCUT2D eigenvalue weighted by Crippen LogP contribution is 2.33. The van der Waals surface area contributed by atoms with Gasteiger partial charge in [-0.1, -0.05) is 6.07 Å². The molecule has 0 atom stereocenters. The summed E-state index contributed by atoms with van der Waals surface area (Å²) in [7, 11) is 1.56. The third-order valence-electron chi connectivity index (χ3n) is 4.46. The summed E-state index contributed by atoms with van der Waals surface area (Å²) >= 11 is 1.35. The summed E-state index contributed by atoms with van der Waals surface area (Å²) in [5, 5.41) is 7.37. The van der Waals surface area contributed by atoms with Crippen molar-refractivity contribution in [3.63, 3.8) is 0 Å². The number of rotatable bonds is 7. The van der Waals surface area contributed by atoms with Crippen LogP contribution in [0.15, 0.2) is 35.7 Å². The second kappa shape index (κ2) is 9.36. The van der Waals surface area contributed by atoms with Gasteiger partial charge >= 0.3 is 0 Å². The Bertz CT molecular complexity index is 851. The monoisotopic (exact) mass is 401 g/mol. The molecule has 0 radical (unpaired) electrons. The normalized spacial score (nSPS) is 13.9. The second-order valence-electron chi connectivity index (χ2n) is 6.42. The SMILES string of the molecule is COc1ccc(NC(=O)CCNC(=O)c2cccs2)cc1N1CCCCC1=O. The third kappa shape index (κ3) is 4.89. The number of thiophene rings is 1. The maximum Gasteiger partial charge on any atom is 0.261 e. The minimum absolute atomic E-state index is 0.0596. The predicted octanol–water partition coefficient (Wildman–Crippen LogP) is 3.03. The van der Waals surface area contributed by atoms with E-state index in [1.54, 1.807) is 42.3 Å². The molecular formula is C20H23N3O4S. The molecule has 0 saturated carbocycles. The van der Waals surface area contributed by atoms with Crippen molar-refractivity contribution in [1.29, 1.82) is 0 Å². The summed E-state index contributed by atoms with van der Waals surface area (Å²) in [6.07, 6.45) is 2.51. The Labute approximate surface area is 167 Å². The Kier molecular flexibility index (Phi) is 6.65. The smallest absolute Gasteiger partial charge is 0.261 e. The zero-order valence-corrected chi connectivity index (χ0v) is 16.5. The van der Waals surface area contributed by atoms with Gasteiger partial charge < -0.3 is 20.3 Å². The number of nitrogens with zero attached hydrogens (tertiary/aromatic N) is 1. The third-order valence-corrected chi connectivity index (χ3v) is 5.33. The van der Waals surface area contributed by atoms with Crippen molar-refractivity contribution in [2.24, 2.45) is 0 Å². The van der Waals surface area contributed by atoms with Gasteiger partial charge in [0.05, 0.1) is 17.7 Å². The molecule has 0 bridgehead atoms. The van der Waals surface area contributed by atoms with E-state index in [9.17, 15) is 14.4 Å². The van der Waals surface area contributed by atoms with Gasteiger partial charge in [0.15, 0.2) is 0 Å². The maximum absolute atomic E-state index is 12.2. The fourth-order valence-corrected chi connectivity index (χ4v) is 3.69. The highest BCUT2D eigenvalue weighted by Gasteiger charge is 2.23. The Hall–Kier alpha value is -2.87. The standard InChI is InChI=1S/C20H23N3O4S/c1-27-16-8-7-14(13-15(16)23-11-3-2-6-19(23)25)22-18(24)9-10-21-20(26)17-5-4-12-28-17/h4-5,7-8,12-13H,2-3,6,9-11H2,1H3,(H,21,26)(H,22,24).